The smallest absolute Gasteiger partial charge is 0.188 e. The van der Waals surface area contributed by atoms with Crippen LogP contribution in [0.5, 0.6) is 0 Å². The van der Waals surface area contributed by atoms with Crippen LogP contribution in [-0.2, 0) is 4.79 Å². The second-order valence-corrected chi connectivity index (χ2v) is 7.89. The summed E-state index contributed by atoms with van der Waals surface area (Å²) in [6.45, 7) is 0. The second-order valence-electron chi connectivity index (χ2n) is 7.89. The van der Waals surface area contributed by atoms with Crippen LogP contribution in [0.25, 0.3) is 0 Å². The van der Waals surface area contributed by atoms with E-state index < -0.39 is 0 Å². The molecule has 0 unspecified atom stereocenters. The highest BCUT2D eigenvalue weighted by Crippen LogP contribution is 2.32. The van der Waals surface area contributed by atoms with Crippen molar-refractivity contribution >= 4 is 5.78 Å². The van der Waals surface area contributed by atoms with Gasteiger partial charge < -0.3 is 5.11 Å². The first-order valence-electron chi connectivity index (χ1n) is 10.1. The van der Waals surface area contributed by atoms with E-state index in [1.165, 1.54) is 64.2 Å². The number of aliphatic hydroxyl groups is 1. The molecule has 24 heavy (non-hydrogen) atoms. The van der Waals surface area contributed by atoms with E-state index in [0.717, 1.165) is 24.8 Å². The average Bonchev–Trinajstić information content (AvgIpc) is 2.63. The van der Waals surface area contributed by atoms with Crippen molar-refractivity contribution < 1.29 is 9.90 Å². The number of carbonyl (C=O) groups excluding carboxylic acids is 1. The van der Waals surface area contributed by atoms with Gasteiger partial charge in [-0.3, -0.25) is 4.79 Å². The highest BCUT2D eigenvalue weighted by molar-refractivity contribution is 6.09. The predicted octanol–water partition coefficient (Wildman–Crippen LogP) is 6.19. The Morgan fingerprint density at radius 2 is 1.46 bits per heavy atom. The molecule has 0 heterocycles. The number of aliphatic hydroxyl groups excluding tert-OH is 1. The first-order chi connectivity index (χ1) is 11.7. The lowest BCUT2D eigenvalue weighted by atomic mass is 9.82. The van der Waals surface area contributed by atoms with Gasteiger partial charge in [-0.1, -0.05) is 50.7 Å². The van der Waals surface area contributed by atoms with E-state index in [1.54, 1.807) is 0 Å². The van der Waals surface area contributed by atoms with Crippen molar-refractivity contribution in [1.29, 1.82) is 0 Å². The van der Waals surface area contributed by atoms with Crippen LogP contribution in [0, 0.1) is 11.8 Å². The summed E-state index contributed by atoms with van der Waals surface area (Å²) in [6, 6.07) is 0. The van der Waals surface area contributed by atoms with Gasteiger partial charge in [-0.15, -0.1) is 0 Å². The number of ketones is 1. The molecule has 1 N–H and O–H groups in total. The fourth-order valence-electron chi connectivity index (χ4n) is 4.52. The molecule has 3 aliphatic rings. The Labute approximate surface area is 146 Å². The molecule has 3 fully saturated rings. The first kappa shape index (κ1) is 17.5. The summed E-state index contributed by atoms with van der Waals surface area (Å²) < 4.78 is 0. The summed E-state index contributed by atoms with van der Waals surface area (Å²) in [4.78, 5) is 12.8. The molecule has 0 aromatic rings. The van der Waals surface area contributed by atoms with Crippen LogP contribution >= 0.6 is 0 Å². The van der Waals surface area contributed by atoms with Crippen LogP contribution in [0.15, 0.2) is 35.1 Å². The second kappa shape index (κ2) is 8.69. The zero-order chi connectivity index (χ0) is 16.8. The Morgan fingerprint density at radius 1 is 0.833 bits per heavy atom. The normalized spacial score (nSPS) is 28.7. The standard InChI is InChI=1S/C22H32O2/c23-21(15-14-17-8-3-1-4-9-17)20-13-7-12-19(22(20)24)16-18-10-5-2-6-11-18/h14-18,23H,1-13H2/b15-14+,19-16+,21-20-. The van der Waals surface area contributed by atoms with Crippen LogP contribution in [0.3, 0.4) is 0 Å². The summed E-state index contributed by atoms with van der Waals surface area (Å²) in [5, 5.41) is 10.4. The lowest BCUT2D eigenvalue weighted by Crippen LogP contribution is -2.16. The Hall–Kier alpha value is -1.31. The molecule has 0 amide bonds. The summed E-state index contributed by atoms with van der Waals surface area (Å²) in [6.07, 6.45) is 21.5. The maximum absolute atomic E-state index is 12.8. The van der Waals surface area contributed by atoms with Crippen LogP contribution in [0.4, 0.5) is 0 Å². The summed E-state index contributed by atoms with van der Waals surface area (Å²) in [5.74, 6) is 1.49. The van der Waals surface area contributed by atoms with Gasteiger partial charge in [0.05, 0.1) is 0 Å². The molecule has 2 heteroatoms. The number of Topliss-reactive ketones (excluding diaryl/α,β-unsaturated/α-hetero) is 1. The lowest BCUT2D eigenvalue weighted by Gasteiger charge is -2.22. The molecule has 0 bridgehead atoms. The number of hydrogen-bond acceptors (Lipinski definition) is 2. The summed E-state index contributed by atoms with van der Waals surface area (Å²) in [7, 11) is 0. The number of allylic oxidation sites excluding steroid dienone is 5. The van der Waals surface area contributed by atoms with E-state index in [2.05, 4.69) is 12.2 Å². The molecule has 0 aromatic carbocycles. The van der Waals surface area contributed by atoms with Crippen LogP contribution < -0.4 is 0 Å². The fraction of sp³-hybridized carbons (Fsp3) is 0.682. The third-order valence-electron chi connectivity index (χ3n) is 6.01. The largest absolute Gasteiger partial charge is 0.508 e. The van der Waals surface area contributed by atoms with Crippen LogP contribution in [0.2, 0.25) is 0 Å². The van der Waals surface area contributed by atoms with Crippen molar-refractivity contribution in [1.82, 2.24) is 0 Å². The maximum Gasteiger partial charge on any atom is 0.188 e. The molecule has 0 radical (unpaired) electrons. The molecule has 0 spiro atoms. The molecule has 0 aliphatic heterocycles. The third kappa shape index (κ3) is 4.62. The van der Waals surface area contributed by atoms with E-state index in [9.17, 15) is 9.90 Å². The van der Waals surface area contributed by atoms with Crippen LogP contribution in [-0.4, -0.2) is 10.9 Å². The minimum atomic E-state index is 0.109. The SMILES string of the molecule is O=C1/C(=C(O)/C=C/C2CCCCC2)CCC/C1=C\C1CCCCC1. The zero-order valence-electron chi connectivity index (χ0n) is 14.9. The molecule has 0 saturated heterocycles. The van der Waals surface area contributed by atoms with Crippen molar-refractivity contribution in [2.45, 2.75) is 83.5 Å². The third-order valence-corrected chi connectivity index (χ3v) is 6.01. The number of rotatable bonds is 3. The van der Waals surface area contributed by atoms with E-state index in [4.69, 9.17) is 0 Å². The minimum absolute atomic E-state index is 0.109. The highest BCUT2D eigenvalue weighted by atomic mass is 16.3. The topological polar surface area (TPSA) is 37.3 Å². The van der Waals surface area contributed by atoms with Crippen molar-refractivity contribution in [2.24, 2.45) is 11.8 Å². The van der Waals surface area contributed by atoms with Gasteiger partial charge in [-0.2, -0.15) is 0 Å². The van der Waals surface area contributed by atoms with Crippen molar-refractivity contribution in [3.8, 4) is 0 Å². The van der Waals surface area contributed by atoms with Gasteiger partial charge >= 0.3 is 0 Å². The maximum atomic E-state index is 12.8. The highest BCUT2D eigenvalue weighted by Gasteiger charge is 2.24. The average molecular weight is 328 g/mol. The van der Waals surface area contributed by atoms with Crippen molar-refractivity contribution in [3.63, 3.8) is 0 Å². The van der Waals surface area contributed by atoms with Crippen LogP contribution in [0.1, 0.15) is 83.5 Å². The Bertz CT molecular complexity index is 526. The Morgan fingerprint density at radius 3 is 2.12 bits per heavy atom. The predicted molar refractivity (Wildman–Crippen MR) is 98.9 cm³/mol. The van der Waals surface area contributed by atoms with E-state index >= 15 is 0 Å². The van der Waals surface area contributed by atoms with E-state index in [1.807, 2.05) is 6.08 Å². The zero-order valence-corrected chi connectivity index (χ0v) is 14.9. The van der Waals surface area contributed by atoms with Crippen molar-refractivity contribution in [3.05, 3.63) is 35.1 Å². The van der Waals surface area contributed by atoms with Gasteiger partial charge in [-0.05, 0) is 68.4 Å². The van der Waals surface area contributed by atoms with Gasteiger partial charge in [0, 0.05) is 5.57 Å². The molecular formula is C22H32O2. The number of carbonyl (C=O) groups is 1. The van der Waals surface area contributed by atoms with Gasteiger partial charge in [0.25, 0.3) is 0 Å². The monoisotopic (exact) mass is 328 g/mol. The first-order valence-corrected chi connectivity index (χ1v) is 10.1. The molecule has 2 nitrogen and oxygen atoms in total. The lowest BCUT2D eigenvalue weighted by molar-refractivity contribution is -0.113. The van der Waals surface area contributed by atoms with Gasteiger partial charge in [0.2, 0.25) is 0 Å². The Balaban J connectivity index is 1.68. The van der Waals surface area contributed by atoms with Gasteiger partial charge in [0.1, 0.15) is 5.76 Å². The Kier molecular flexibility index (Phi) is 6.34. The summed E-state index contributed by atoms with van der Waals surface area (Å²) >= 11 is 0. The summed E-state index contributed by atoms with van der Waals surface area (Å²) in [5.41, 5.74) is 1.61. The molecule has 3 rings (SSSR count). The molecule has 3 saturated carbocycles. The molecule has 3 aliphatic carbocycles. The molecule has 0 atom stereocenters. The molecule has 0 aromatic heterocycles. The quantitative estimate of drug-likeness (QED) is 0.495. The molecular weight excluding hydrogens is 296 g/mol. The molecule has 132 valence electrons. The van der Waals surface area contributed by atoms with Crippen molar-refractivity contribution in [2.75, 3.05) is 0 Å². The minimum Gasteiger partial charge on any atom is -0.508 e. The van der Waals surface area contributed by atoms with Gasteiger partial charge in [0.15, 0.2) is 5.78 Å². The fourth-order valence-corrected chi connectivity index (χ4v) is 4.52. The number of hydrogen-bond donors (Lipinski definition) is 1. The van der Waals surface area contributed by atoms with Gasteiger partial charge in [-0.25, -0.2) is 0 Å². The van der Waals surface area contributed by atoms with E-state index in [0.29, 0.717) is 17.4 Å². The van der Waals surface area contributed by atoms with E-state index in [-0.39, 0.29) is 11.5 Å².